The predicted octanol–water partition coefficient (Wildman–Crippen LogP) is 3.59. The molecular weight excluding hydrogens is 373 g/mol. The van der Waals surface area contributed by atoms with E-state index in [0.717, 1.165) is 6.07 Å². The SMILES string of the molecule is O=C(CCC1(Cc2ccco2)CCC(=O)N1)NCc1ccccc1C(F)(F)F. The van der Waals surface area contributed by atoms with E-state index < -0.39 is 17.3 Å². The Morgan fingerprint density at radius 1 is 1.21 bits per heavy atom. The van der Waals surface area contributed by atoms with Crippen LogP contribution in [0.3, 0.4) is 0 Å². The summed E-state index contributed by atoms with van der Waals surface area (Å²) in [6.07, 6.45) is -1.03. The second-order valence-corrected chi connectivity index (χ2v) is 7.02. The number of amides is 2. The van der Waals surface area contributed by atoms with E-state index in [-0.39, 0.29) is 30.3 Å². The highest BCUT2D eigenvalue weighted by Crippen LogP contribution is 2.32. The quantitative estimate of drug-likeness (QED) is 0.754. The molecule has 0 spiro atoms. The summed E-state index contributed by atoms with van der Waals surface area (Å²) in [7, 11) is 0. The van der Waals surface area contributed by atoms with Crippen molar-refractivity contribution in [2.24, 2.45) is 0 Å². The smallest absolute Gasteiger partial charge is 0.416 e. The third-order valence-corrected chi connectivity index (χ3v) is 4.96. The van der Waals surface area contributed by atoms with Gasteiger partial charge in [0.1, 0.15) is 5.76 Å². The topological polar surface area (TPSA) is 71.3 Å². The second kappa shape index (κ2) is 8.08. The number of carbonyl (C=O) groups is 2. The molecule has 2 amide bonds. The molecule has 1 aromatic carbocycles. The molecule has 28 heavy (non-hydrogen) atoms. The fourth-order valence-electron chi connectivity index (χ4n) is 3.51. The maximum Gasteiger partial charge on any atom is 0.416 e. The zero-order chi connectivity index (χ0) is 20.2. The van der Waals surface area contributed by atoms with Gasteiger partial charge in [-0.25, -0.2) is 0 Å². The van der Waals surface area contributed by atoms with Gasteiger partial charge in [-0.2, -0.15) is 13.2 Å². The Kier molecular flexibility index (Phi) is 5.76. The lowest BCUT2D eigenvalue weighted by Crippen LogP contribution is -2.44. The number of nitrogens with one attached hydrogen (secondary N) is 2. The summed E-state index contributed by atoms with van der Waals surface area (Å²) >= 11 is 0. The van der Waals surface area contributed by atoms with Gasteiger partial charge in [-0.1, -0.05) is 18.2 Å². The van der Waals surface area contributed by atoms with Crippen LogP contribution in [-0.2, 0) is 28.7 Å². The summed E-state index contributed by atoms with van der Waals surface area (Å²) in [4.78, 5) is 24.0. The number of hydrogen-bond donors (Lipinski definition) is 2. The van der Waals surface area contributed by atoms with Gasteiger partial charge < -0.3 is 15.1 Å². The summed E-state index contributed by atoms with van der Waals surface area (Å²) in [5.74, 6) is 0.268. The Bertz CT molecular complexity index is 833. The van der Waals surface area contributed by atoms with E-state index in [1.165, 1.54) is 18.2 Å². The van der Waals surface area contributed by atoms with Gasteiger partial charge in [0, 0.05) is 31.3 Å². The minimum atomic E-state index is -4.47. The highest BCUT2D eigenvalue weighted by Gasteiger charge is 2.38. The Balaban J connectivity index is 1.58. The van der Waals surface area contributed by atoms with Crippen LogP contribution in [0.1, 0.15) is 42.6 Å². The van der Waals surface area contributed by atoms with Crippen molar-refractivity contribution in [3.63, 3.8) is 0 Å². The van der Waals surface area contributed by atoms with Crippen LogP contribution >= 0.6 is 0 Å². The number of furan rings is 1. The van der Waals surface area contributed by atoms with Gasteiger partial charge in [-0.05, 0) is 36.6 Å². The molecule has 2 aromatic rings. The van der Waals surface area contributed by atoms with Crippen LogP contribution in [0.2, 0.25) is 0 Å². The van der Waals surface area contributed by atoms with Gasteiger partial charge in [0.05, 0.1) is 11.8 Å². The van der Waals surface area contributed by atoms with Gasteiger partial charge in [0.2, 0.25) is 11.8 Å². The van der Waals surface area contributed by atoms with Crippen molar-refractivity contribution in [2.45, 2.75) is 50.4 Å². The van der Waals surface area contributed by atoms with Crippen LogP contribution in [0.4, 0.5) is 13.2 Å². The molecule has 8 heteroatoms. The van der Waals surface area contributed by atoms with Crippen molar-refractivity contribution < 1.29 is 27.2 Å². The molecule has 0 saturated carbocycles. The number of hydrogen-bond acceptors (Lipinski definition) is 3. The number of benzene rings is 1. The molecule has 0 radical (unpaired) electrons. The van der Waals surface area contributed by atoms with Crippen molar-refractivity contribution in [3.8, 4) is 0 Å². The Hall–Kier alpha value is -2.77. The third-order valence-electron chi connectivity index (χ3n) is 4.96. The molecular formula is C20H21F3N2O3. The van der Waals surface area contributed by atoms with Crippen LogP contribution in [0.5, 0.6) is 0 Å². The fraction of sp³-hybridized carbons (Fsp3) is 0.400. The fourth-order valence-corrected chi connectivity index (χ4v) is 3.51. The number of rotatable bonds is 7. The van der Waals surface area contributed by atoms with Gasteiger partial charge in [0.15, 0.2) is 0 Å². The van der Waals surface area contributed by atoms with E-state index in [0.29, 0.717) is 31.4 Å². The normalized spacial score (nSPS) is 19.5. The van der Waals surface area contributed by atoms with Crippen molar-refractivity contribution in [3.05, 3.63) is 59.5 Å². The molecule has 1 aliphatic heterocycles. The lowest BCUT2D eigenvalue weighted by Gasteiger charge is -2.28. The van der Waals surface area contributed by atoms with Crippen LogP contribution in [0.25, 0.3) is 0 Å². The van der Waals surface area contributed by atoms with Gasteiger partial charge >= 0.3 is 6.18 Å². The first kappa shape index (κ1) is 20.0. The molecule has 1 fully saturated rings. The first-order chi connectivity index (χ1) is 13.3. The molecule has 3 rings (SSSR count). The molecule has 150 valence electrons. The second-order valence-electron chi connectivity index (χ2n) is 7.02. The zero-order valence-electron chi connectivity index (χ0n) is 15.1. The molecule has 1 atom stereocenters. The zero-order valence-corrected chi connectivity index (χ0v) is 15.1. The van der Waals surface area contributed by atoms with E-state index in [9.17, 15) is 22.8 Å². The monoisotopic (exact) mass is 394 g/mol. The molecule has 1 aliphatic rings. The third kappa shape index (κ3) is 4.94. The summed E-state index contributed by atoms with van der Waals surface area (Å²) in [5.41, 5.74) is -1.31. The first-order valence-electron chi connectivity index (χ1n) is 9.03. The molecule has 2 heterocycles. The highest BCUT2D eigenvalue weighted by molar-refractivity contribution is 5.80. The van der Waals surface area contributed by atoms with E-state index in [4.69, 9.17) is 4.42 Å². The molecule has 5 nitrogen and oxygen atoms in total. The summed E-state index contributed by atoms with van der Waals surface area (Å²) in [6, 6.07) is 8.72. The lowest BCUT2D eigenvalue weighted by atomic mass is 9.87. The van der Waals surface area contributed by atoms with Crippen LogP contribution in [-0.4, -0.2) is 17.4 Å². The molecule has 0 bridgehead atoms. The Morgan fingerprint density at radius 2 is 2.00 bits per heavy atom. The van der Waals surface area contributed by atoms with Gasteiger partial charge in [-0.15, -0.1) is 0 Å². The van der Waals surface area contributed by atoms with E-state index in [2.05, 4.69) is 10.6 Å². The van der Waals surface area contributed by atoms with E-state index >= 15 is 0 Å². The van der Waals surface area contributed by atoms with Crippen LogP contribution in [0, 0.1) is 0 Å². The molecule has 1 aromatic heterocycles. The summed E-state index contributed by atoms with van der Waals surface area (Å²) < 4.78 is 44.4. The van der Waals surface area contributed by atoms with Crippen molar-refractivity contribution in [2.75, 3.05) is 0 Å². The maximum absolute atomic E-state index is 13.0. The molecule has 1 saturated heterocycles. The van der Waals surface area contributed by atoms with Gasteiger partial charge in [-0.3, -0.25) is 9.59 Å². The average Bonchev–Trinajstić information content (AvgIpc) is 3.28. The molecule has 2 N–H and O–H groups in total. The predicted molar refractivity (Wildman–Crippen MR) is 95.0 cm³/mol. The first-order valence-corrected chi connectivity index (χ1v) is 9.03. The van der Waals surface area contributed by atoms with Crippen LogP contribution < -0.4 is 10.6 Å². The lowest BCUT2D eigenvalue weighted by molar-refractivity contribution is -0.138. The van der Waals surface area contributed by atoms with E-state index in [1.54, 1.807) is 18.4 Å². The van der Waals surface area contributed by atoms with Crippen molar-refractivity contribution in [1.82, 2.24) is 10.6 Å². The maximum atomic E-state index is 13.0. The minimum absolute atomic E-state index is 0.0165. The number of halogens is 3. The largest absolute Gasteiger partial charge is 0.469 e. The molecule has 1 unspecified atom stereocenters. The Labute approximate surface area is 160 Å². The highest BCUT2D eigenvalue weighted by atomic mass is 19.4. The summed E-state index contributed by atoms with van der Waals surface area (Å²) in [5, 5.41) is 5.48. The van der Waals surface area contributed by atoms with Crippen molar-refractivity contribution >= 4 is 11.8 Å². The minimum Gasteiger partial charge on any atom is -0.469 e. The van der Waals surface area contributed by atoms with Crippen molar-refractivity contribution in [1.29, 1.82) is 0 Å². The molecule has 0 aliphatic carbocycles. The number of alkyl halides is 3. The number of carbonyl (C=O) groups excluding carboxylic acids is 2. The average molecular weight is 394 g/mol. The summed E-state index contributed by atoms with van der Waals surface area (Å²) in [6.45, 7) is -0.202. The van der Waals surface area contributed by atoms with E-state index in [1.807, 2.05) is 0 Å². The van der Waals surface area contributed by atoms with Gasteiger partial charge in [0.25, 0.3) is 0 Å². The Morgan fingerprint density at radius 3 is 2.64 bits per heavy atom. The standard InChI is InChI=1S/C20H21F3N2O3/c21-20(22,23)16-6-2-1-4-14(16)13-24-17(26)7-9-19(10-8-18(27)25-19)12-15-5-3-11-28-15/h1-6,11H,7-10,12-13H2,(H,24,26)(H,25,27). The van der Waals surface area contributed by atoms with Crippen LogP contribution in [0.15, 0.2) is 47.1 Å².